The second-order valence-corrected chi connectivity index (χ2v) is 3.02. The Balaban J connectivity index is 2.55. The van der Waals surface area contributed by atoms with E-state index >= 15 is 0 Å². The lowest BCUT2D eigenvalue weighted by atomic mass is 10.1. The van der Waals surface area contributed by atoms with Crippen molar-refractivity contribution in [3.8, 4) is 17.3 Å². The number of hydrogen-bond acceptors (Lipinski definition) is 2. The van der Waals surface area contributed by atoms with E-state index in [4.69, 9.17) is 5.26 Å². The van der Waals surface area contributed by atoms with Crippen LogP contribution in [0.3, 0.4) is 0 Å². The van der Waals surface area contributed by atoms with Crippen molar-refractivity contribution in [1.82, 2.24) is 4.98 Å². The van der Waals surface area contributed by atoms with E-state index in [1.54, 1.807) is 30.3 Å². The summed E-state index contributed by atoms with van der Waals surface area (Å²) in [6, 6.07) is 11.5. The van der Waals surface area contributed by atoms with E-state index in [0.29, 0.717) is 16.8 Å². The van der Waals surface area contributed by atoms with Crippen LogP contribution in [0.5, 0.6) is 0 Å². The number of pyridine rings is 1. The molecule has 0 saturated heterocycles. The topological polar surface area (TPSA) is 36.7 Å². The molecule has 0 saturated carbocycles. The number of aromatic nitrogens is 1. The summed E-state index contributed by atoms with van der Waals surface area (Å²) in [4.78, 5) is 4.03. The lowest BCUT2D eigenvalue weighted by molar-refractivity contribution is 0.630. The van der Waals surface area contributed by atoms with Crippen molar-refractivity contribution in [3.63, 3.8) is 0 Å². The number of hydrogen-bond donors (Lipinski definition) is 0. The Morgan fingerprint density at radius 3 is 2.73 bits per heavy atom. The van der Waals surface area contributed by atoms with Crippen LogP contribution in [0.1, 0.15) is 5.56 Å². The third-order valence-electron chi connectivity index (χ3n) is 2.04. The van der Waals surface area contributed by atoms with E-state index in [2.05, 4.69) is 4.98 Å². The second kappa shape index (κ2) is 3.89. The predicted octanol–water partition coefficient (Wildman–Crippen LogP) is 2.76. The van der Waals surface area contributed by atoms with Crippen molar-refractivity contribution in [2.45, 2.75) is 0 Å². The average Bonchev–Trinajstić information content (AvgIpc) is 2.30. The summed E-state index contributed by atoms with van der Waals surface area (Å²) in [5.74, 6) is -0.333. The fourth-order valence-corrected chi connectivity index (χ4v) is 1.32. The molecule has 2 aromatic rings. The molecule has 0 radical (unpaired) electrons. The van der Waals surface area contributed by atoms with Crippen LogP contribution < -0.4 is 0 Å². The van der Waals surface area contributed by atoms with Gasteiger partial charge in [-0.25, -0.2) is 4.39 Å². The Kier molecular flexibility index (Phi) is 2.42. The zero-order chi connectivity index (χ0) is 10.7. The summed E-state index contributed by atoms with van der Waals surface area (Å²) in [6.07, 6.45) is 1.50. The third-order valence-corrected chi connectivity index (χ3v) is 2.04. The fraction of sp³-hybridized carbons (Fsp3) is 0. The summed E-state index contributed by atoms with van der Waals surface area (Å²) in [5.41, 5.74) is 1.37. The second-order valence-electron chi connectivity index (χ2n) is 3.02. The van der Waals surface area contributed by atoms with Gasteiger partial charge in [0.15, 0.2) is 0 Å². The van der Waals surface area contributed by atoms with E-state index in [9.17, 15) is 4.39 Å². The molecule has 0 unspecified atom stereocenters. The molecular formula is C12H7FN2. The molecule has 0 fully saturated rings. The minimum Gasteiger partial charge on any atom is -0.256 e. The average molecular weight is 198 g/mol. The zero-order valence-electron chi connectivity index (χ0n) is 7.81. The van der Waals surface area contributed by atoms with Crippen LogP contribution in [0, 0.1) is 17.1 Å². The van der Waals surface area contributed by atoms with Crippen LogP contribution >= 0.6 is 0 Å². The Hall–Kier alpha value is -2.21. The molecule has 1 heterocycles. The van der Waals surface area contributed by atoms with Gasteiger partial charge in [-0.15, -0.1) is 0 Å². The van der Waals surface area contributed by atoms with Gasteiger partial charge in [0, 0.05) is 11.8 Å². The normalized spacial score (nSPS) is 9.60. The number of benzene rings is 1. The first kappa shape index (κ1) is 9.35. The SMILES string of the molecule is N#Cc1ccnc(-c2ccccc2F)c1. The van der Waals surface area contributed by atoms with Gasteiger partial charge in [0.05, 0.1) is 17.3 Å². The number of rotatable bonds is 1. The van der Waals surface area contributed by atoms with Gasteiger partial charge in [0.2, 0.25) is 0 Å². The maximum absolute atomic E-state index is 13.4. The quantitative estimate of drug-likeness (QED) is 0.706. The zero-order valence-corrected chi connectivity index (χ0v) is 7.81. The Bertz CT molecular complexity index is 529. The van der Waals surface area contributed by atoms with E-state index in [-0.39, 0.29) is 5.82 Å². The standard InChI is InChI=1S/C12H7FN2/c13-11-4-2-1-3-10(11)12-7-9(8-14)5-6-15-12/h1-7H. The molecule has 0 aliphatic rings. The van der Waals surface area contributed by atoms with Gasteiger partial charge < -0.3 is 0 Å². The van der Waals surface area contributed by atoms with E-state index < -0.39 is 0 Å². The molecule has 0 bridgehead atoms. The first-order valence-electron chi connectivity index (χ1n) is 4.42. The number of halogens is 1. The summed E-state index contributed by atoms with van der Waals surface area (Å²) in [5, 5.41) is 8.71. The molecule has 1 aromatic heterocycles. The van der Waals surface area contributed by atoms with Crippen molar-refractivity contribution >= 4 is 0 Å². The summed E-state index contributed by atoms with van der Waals surface area (Å²) >= 11 is 0. The van der Waals surface area contributed by atoms with Crippen molar-refractivity contribution in [2.24, 2.45) is 0 Å². The highest BCUT2D eigenvalue weighted by molar-refractivity contribution is 5.61. The molecular weight excluding hydrogens is 191 g/mol. The highest BCUT2D eigenvalue weighted by Gasteiger charge is 2.05. The smallest absolute Gasteiger partial charge is 0.132 e. The molecule has 0 N–H and O–H groups in total. The van der Waals surface area contributed by atoms with Crippen LogP contribution in [-0.2, 0) is 0 Å². The van der Waals surface area contributed by atoms with Gasteiger partial charge >= 0.3 is 0 Å². The summed E-state index contributed by atoms with van der Waals surface area (Å²) in [6.45, 7) is 0. The highest BCUT2D eigenvalue weighted by Crippen LogP contribution is 2.20. The van der Waals surface area contributed by atoms with Gasteiger partial charge in [-0.3, -0.25) is 4.98 Å². The predicted molar refractivity (Wildman–Crippen MR) is 54.3 cm³/mol. The Labute approximate surface area is 86.6 Å². The van der Waals surface area contributed by atoms with Crippen LogP contribution in [0.2, 0.25) is 0 Å². The monoisotopic (exact) mass is 198 g/mol. The molecule has 2 nitrogen and oxygen atoms in total. The number of nitrogens with zero attached hydrogens (tertiary/aromatic N) is 2. The highest BCUT2D eigenvalue weighted by atomic mass is 19.1. The van der Waals surface area contributed by atoms with Crippen molar-refractivity contribution < 1.29 is 4.39 Å². The largest absolute Gasteiger partial charge is 0.256 e. The molecule has 0 atom stereocenters. The molecule has 1 aromatic carbocycles. The van der Waals surface area contributed by atoms with E-state index in [1.807, 2.05) is 6.07 Å². The molecule has 15 heavy (non-hydrogen) atoms. The molecule has 72 valence electrons. The minimum atomic E-state index is -0.333. The minimum absolute atomic E-state index is 0.333. The van der Waals surface area contributed by atoms with Crippen LogP contribution in [0.15, 0.2) is 42.6 Å². The summed E-state index contributed by atoms with van der Waals surface area (Å²) in [7, 11) is 0. The first-order chi connectivity index (χ1) is 7.31. The van der Waals surface area contributed by atoms with Gasteiger partial charge in [0.25, 0.3) is 0 Å². The molecule has 0 amide bonds. The lowest BCUT2D eigenvalue weighted by Gasteiger charge is -2.01. The van der Waals surface area contributed by atoms with Crippen LogP contribution in [0.4, 0.5) is 4.39 Å². The molecule has 2 rings (SSSR count). The lowest BCUT2D eigenvalue weighted by Crippen LogP contribution is -1.88. The maximum atomic E-state index is 13.4. The maximum Gasteiger partial charge on any atom is 0.132 e. The molecule has 0 aliphatic carbocycles. The van der Waals surface area contributed by atoms with Crippen molar-refractivity contribution in [2.75, 3.05) is 0 Å². The third kappa shape index (κ3) is 1.84. The van der Waals surface area contributed by atoms with Crippen LogP contribution in [-0.4, -0.2) is 4.98 Å². The van der Waals surface area contributed by atoms with E-state index in [1.165, 1.54) is 12.3 Å². The van der Waals surface area contributed by atoms with Gasteiger partial charge in [-0.1, -0.05) is 12.1 Å². The molecule has 0 aliphatic heterocycles. The van der Waals surface area contributed by atoms with E-state index in [0.717, 1.165) is 0 Å². The Morgan fingerprint density at radius 1 is 1.20 bits per heavy atom. The fourth-order valence-electron chi connectivity index (χ4n) is 1.32. The number of nitriles is 1. The molecule has 3 heteroatoms. The van der Waals surface area contributed by atoms with Crippen molar-refractivity contribution in [3.05, 3.63) is 54.0 Å². The van der Waals surface area contributed by atoms with Crippen molar-refractivity contribution in [1.29, 1.82) is 5.26 Å². The van der Waals surface area contributed by atoms with Gasteiger partial charge in [-0.05, 0) is 24.3 Å². The Morgan fingerprint density at radius 2 is 2.00 bits per heavy atom. The molecule has 0 spiro atoms. The first-order valence-corrected chi connectivity index (χ1v) is 4.42. The summed E-state index contributed by atoms with van der Waals surface area (Å²) < 4.78 is 13.4. The van der Waals surface area contributed by atoms with Gasteiger partial charge in [-0.2, -0.15) is 5.26 Å². The van der Waals surface area contributed by atoms with Crippen LogP contribution in [0.25, 0.3) is 11.3 Å². The van der Waals surface area contributed by atoms with Gasteiger partial charge in [0.1, 0.15) is 5.82 Å².